The maximum absolute atomic E-state index is 12.7. The molecule has 2 aliphatic heterocycles. The van der Waals surface area contributed by atoms with Crippen LogP contribution in [0.1, 0.15) is 223 Å². The quantitative estimate of drug-likeness (QED) is 0.0296. The Bertz CT molecular complexity index is 3380. The van der Waals surface area contributed by atoms with Gasteiger partial charge in [-0.3, -0.25) is 39.4 Å². The normalized spacial score (nSPS) is 16.7. The molecule has 11 rings (SSSR count). The molecule has 6 heterocycles. The van der Waals surface area contributed by atoms with Crippen molar-refractivity contribution in [2.45, 2.75) is 275 Å². The molecule has 5 aliphatic carbocycles. The number of nitrogens with one attached hydrogen (secondary N) is 1. The molecular weight excluding hydrogens is 1490 g/mol. The molecule has 3 N–H and O–H groups in total. The summed E-state index contributed by atoms with van der Waals surface area (Å²) in [5, 5.41) is 24.8. The summed E-state index contributed by atoms with van der Waals surface area (Å²) in [6.07, 6.45) is 19.4. The number of likely N-dealkylation sites (N-methyl/N-ethyl adjacent to an activating group) is 1. The van der Waals surface area contributed by atoms with Crippen molar-refractivity contribution >= 4 is 141 Å². The molecular formula is C67H110Cl6FeN16O12. The van der Waals surface area contributed by atoms with Crippen LogP contribution < -0.4 is 30.7 Å². The van der Waals surface area contributed by atoms with Gasteiger partial charge in [0.25, 0.3) is 5.91 Å². The van der Waals surface area contributed by atoms with Crippen LogP contribution in [0.4, 0.5) is 34.5 Å². The number of rotatable bonds is 14. The van der Waals surface area contributed by atoms with Gasteiger partial charge in [0, 0.05) is 66.5 Å². The van der Waals surface area contributed by atoms with Crippen LogP contribution in [-0.2, 0) is 61.7 Å². The maximum Gasteiger partial charge on any atom is 0.332 e. The average Bonchev–Trinajstić information content (AvgIpc) is 0.724. The number of halogens is 6. The third-order valence-electron chi connectivity index (χ3n) is 17.5. The fourth-order valence-corrected chi connectivity index (χ4v) is 13.2. The Morgan fingerprint density at radius 1 is 0.627 bits per heavy atom. The zero-order valence-electron chi connectivity index (χ0n) is 55.9. The number of esters is 2. The Morgan fingerprint density at radius 3 is 1.40 bits per heavy atom. The first-order valence-electron chi connectivity index (χ1n) is 31.2. The Morgan fingerprint density at radius 2 is 1.04 bits per heavy atom. The van der Waals surface area contributed by atoms with E-state index in [1.807, 2.05) is 20.6 Å². The first-order valence-corrected chi connectivity index (χ1v) is 33.0. The van der Waals surface area contributed by atoms with E-state index < -0.39 is 26.5 Å². The summed E-state index contributed by atoms with van der Waals surface area (Å²) in [7, 11) is 1.79. The van der Waals surface area contributed by atoms with Gasteiger partial charge in [0.2, 0.25) is 32.1 Å². The standard InChI is InChI=1S/C14H19ClN4O4.C13H17ClN4O.C13H16ClN3O.C9H17NO.C7H13NO2.C4HCl2N3O2.CH2O.6CH4.ClH.Fe/c1-4-23-12(20)14(6-5-7-14)18(9(2)3)11-10(19(21)22)8-16-13(15)17-11;1-8(2)18-10-9(7-15-12(14)16-10)17(3)11(19)13(18)5-4-6-13;1-8(2)17-11-9(7-15-12(14)16-11)6-10(18)13(17)4-3-5-13;1-7(2)10-9(8(3)11)5-4-6-9;1-2-10-6(9)7(8)4-3-5-7;5-3-2(9(10)11)1-7-4(6)8-3;1-2;;;;;;;;/h8-9H,4-7H2,1-3H3;7-8H,4-6H2,1-3H3;7-8H,3-6H2,1-2H3;7,10H,4-6H2,1-3H3;2-5,8H2,1H3;1H;1H2;6*1H4;1H;. The summed E-state index contributed by atoms with van der Waals surface area (Å²) in [4.78, 5) is 127. The molecule has 28 nitrogen and oxygen atoms in total. The van der Waals surface area contributed by atoms with Crippen LogP contribution in [0, 0.1) is 20.2 Å². The van der Waals surface area contributed by atoms with E-state index in [1.54, 1.807) is 50.0 Å². The van der Waals surface area contributed by atoms with Crippen LogP contribution in [-0.4, -0.2) is 158 Å². The number of ketones is 2. The number of hydrogen-bond donors (Lipinski definition) is 2. The zero-order chi connectivity index (χ0) is 70.4. The van der Waals surface area contributed by atoms with Crippen LogP contribution in [0.25, 0.3) is 0 Å². The van der Waals surface area contributed by atoms with Crippen LogP contribution >= 0.6 is 70.4 Å². The molecule has 0 bridgehead atoms. The molecule has 0 saturated heterocycles. The summed E-state index contributed by atoms with van der Waals surface area (Å²) in [5.41, 5.74) is 4.21. The van der Waals surface area contributed by atoms with Crippen molar-refractivity contribution in [1.29, 1.82) is 0 Å². The van der Waals surface area contributed by atoms with Crippen LogP contribution in [0.3, 0.4) is 0 Å². The number of amides is 1. The summed E-state index contributed by atoms with van der Waals surface area (Å²) in [6, 6.07) is 0.644. The Kier molecular flexibility index (Phi) is 44.4. The largest absolute Gasteiger partial charge is 0.465 e. The van der Waals surface area contributed by atoms with Crippen molar-refractivity contribution in [2.24, 2.45) is 5.73 Å². The maximum atomic E-state index is 12.7. The number of nitrogens with two attached hydrogens (primary N) is 1. The number of nitrogens with zero attached hydrogens (tertiary/aromatic N) is 14. The van der Waals surface area contributed by atoms with Gasteiger partial charge in [-0.05, 0) is 219 Å². The SMILES string of the molecule is C.C.C.C.C.C.C=O.CC(=O)C1(NC(C)C)CCC1.CC(C)N1c2nc(Cl)ncc2CC(=O)C12CCC2.CC(C)N1c2nc(Cl)ncc2N(C)C(=O)C12CCC2.CCOC(=O)C1(N(c2nc(Cl)ncc2[N+](=O)[O-])C(C)C)CCC1.CCOC(=O)C1(N)CCC1.Cl.O=[N+]([O-])c1cnc(Cl)nc1Cl.[Fe]. The zero-order valence-corrected chi connectivity index (χ0v) is 61.6. The Labute approximate surface area is 645 Å². The number of ether oxygens (including phenoxy) is 2. The number of hydrogen-bond acceptors (Lipinski definition) is 25. The summed E-state index contributed by atoms with van der Waals surface area (Å²) in [6.45, 7) is 24.1. The fourth-order valence-electron chi connectivity index (χ4n) is 12.4. The number of nitro groups is 2. The van der Waals surface area contributed by atoms with Crippen LogP contribution in [0.15, 0.2) is 24.8 Å². The number of fused-ring (bicyclic) bond motifs is 2. The molecule has 35 heteroatoms. The molecule has 1 amide bonds. The van der Waals surface area contributed by atoms with Crippen molar-refractivity contribution < 1.29 is 65.2 Å². The van der Waals surface area contributed by atoms with E-state index in [4.69, 9.17) is 78.0 Å². The molecule has 7 aliphatic rings. The predicted octanol–water partition coefficient (Wildman–Crippen LogP) is 15.0. The summed E-state index contributed by atoms with van der Waals surface area (Å²) in [5.74, 6) is 1.81. The van der Waals surface area contributed by atoms with Crippen molar-refractivity contribution in [2.75, 3.05) is 39.9 Å². The monoisotopic (exact) mass is 1600 g/mol. The first-order chi connectivity index (χ1) is 44.2. The van der Waals surface area contributed by atoms with Crippen molar-refractivity contribution in [3.05, 3.63) is 76.9 Å². The van der Waals surface area contributed by atoms with Gasteiger partial charge >= 0.3 is 23.3 Å². The molecule has 0 unspecified atom stereocenters. The minimum atomic E-state index is -0.938. The number of carbonyl (C=O) groups is 6. The molecule has 5 fully saturated rings. The summed E-state index contributed by atoms with van der Waals surface area (Å²) >= 11 is 28.3. The van der Waals surface area contributed by atoms with Gasteiger partial charge in [-0.15, -0.1) is 12.4 Å². The van der Waals surface area contributed by atoms with Crippen LogP contribution in [0.5, 0.6) is 0 Å². The van der Waals surface area contributed by atoms with E-state index in [-0.39, 0.29) is 171 Å². The van der Waals surface area contributed by atoms with Gasteiger partial charge in [-0.2, -0.15) is 15.0 Å². The smallest absolute Gasteiger partial charge is 0.332 e. The molecule has 2 spiro atoms. The molecule has 5 saturated carbocycles. The molecule has 4 aromatic rings. The minimum Gasteiger partial charge on any atom is -0.465 e. The van der Waals surface area contributed by atoms with E-state index >= 15 is 0 Å². The fraction of sp³-hybridized carbons (Fsp3) is 0.672. The van der Waals surface area contributed by atoms with Crippen molar-refractivity contribution in [3.63, 3.8) is 0 Å². The summed E-state index contributed by atoms with van der Waals surface area (Å²) < 4.78 is 9.99. The second-order valence-corrected chi connectivity index (χ2v) is 26.5. The second-order valence-electron chi connectivity index (χ2n) is 24.8. The molecule has 0 atom stereocenters. The van der Waals surface area contributed by atoms with Gasteiger partial charge in [0.1, 0.15) is 58.6 Å². The van der Waals surface area contributed by atoms with E-state index in [0.29, 0.717) is 43.5 Å². The Hall–Kier alpha value is -5.88. The van der Waals surface area contributed by atoms with E-state index in [2.05, 4.69) is 96.5 Å². The van der Waals surface area contributed by atoms with Gasteiger partial charge in [-0.25, -0.2) is 29.7 Å². The Balaban J connectivity index is -0.000000566. The third-order valence-corrected chi connectivity index (χ3v) is 18.5. The second kappa shape index (κ2) is 44.2. The van der Waals surface area contributed by atoms with Crippen molar-refractivity contribution in [3.8, 4) is 0 Å². The number of aromatic nitrogens is 8. The topological polar surface area (TPSA) is 361 Å². The predicted molar refractivity (Wildman–Crippen MR) is 406 cm³/mol. The van der Waals surface area contributed by atoms with E-state index in [0.717, 1.165) is 112 Å². The van der Waals surface area contributed by atoms with Gasteiger partial charge < -0.3 is 44.9 Å². The minimum absolute atomic E-state index is 0. The molecule has 4 aromatic heterocycles. The number of Topliss-reactive ketones (excluding diaryl/α,β-unsaturated/α-hetero) is 2. The number of carbonyl (C=O) groups excluding carboxylic acids is 6. The van der Waals surface area contributed by atoms with E-state index in [9.17, 15) is 44.2 Å². The van der Waals surface area contributed by atoms with Crippen LogP contribution in [0.2, 0.25) is 26.3 Å². The third kappa shape index (κ3) is 22.8. The van der Waals surface area contributed by atoms with Gasteiger partial charge in [0.05, 0.1) is 34.8 Å². The average molecular weight is 1600 g/mol. The molecule has 0 radical (unpaired) electrons. The van der Waals surface area contributed by atoms with Gasteiger partial charge in [0.15, 0.2) is 11.6 Å². The van der Waals surface area contributed by atoms with E-state index in [1.165, 1.54) is 6.42 Å². The van der Waals surface area contributed by atoms with Crippen molar-refractivity contribution in [1.82, 2.24) is 45.2 Å². The number of anilines is 4. The molecule has 102 heavy (non-hydrogen) atoms. The first kappa shape index (κ1) is 102. The van der Waals surface area contributed by atoms with Gasteiger partial charge in [-0.1, -0.05) is 56.2 Å². The molecule has 580 valence electrons. The molecule has 0 aromatic carbocycles.